The van der Waals surface area contributed by atoms with Crippen molar-refractivity contribution in [3.8, 4) is 0 Å². The van der Waals surface area contributed by atoms with Crippen molar-refractivity contribution in [3.05, 3.63) is 0 Å². The van der Waals surface area contributed by atoms with E-state index in [2.05, 4.69) is 33.0 Å². The zero-order valence-electron chi connectivity index (χ0n) is 12.4. The number of amides is 2. The Morgan fingerprint density at radius 2 is 2.05 bits per heavy atom. The summed E-state index contributed by atoms with van der Waals surface area (Å²) in [6.45, 7) is 10.5. The normalized spacial score (nSPS) is 21.3. The van der Waals surface area contributed by atoms with E-state index in [1.54, 1.807) is 4.90 Å². The molecule has 2 amide bonds. The van der Waals surface area contributed by atoms with Gasteiger partial charge in [-0.1, -0.05) is 27.7 Å². The van der Waals surface area contributed by atoms with E-state index in [0.29, 0.717) is 25.6 Å². The van der Waals surface area contributed by atoms with Gasteiger partial charge in [-0.2, -0.15) is 0 Å². The number of hydrogen-bond acceptors (Lipinski definition) is 2. The van der Waals surface area contributed by atoms with E-state index in [1.807, 2.05) is 0 Å². The predicted octanol–water partition coefficient (Wildman–Crippen LogP) is 2.17. The standard InChI is InChI=1S/C14H26N2O3/c1-10(14(2,3)4)8-15-13(19)16-6-5-11(9-16)7-12(17)18/h10-11H,5-9H2,1-4H3,(H,15,19)(H,17,18). The van der Waals surface area contributed by atoms with Crippen LogP contribution in [0.5, 0.6) is 0 Å². The maximum Gasteiger partial charge on any atom is 0.317 e. The SMILES string of the molecule is CC(CNC(=O)N1CCC(CC(=O)O)C1)C(C)(C)C. The molecule has 1 heterocycles. The van der Waals surface area contributed by atoms with Gasteiger partial charge in [0.2, 0.25) is 0 Å². The molecule has 2 N–H and O–H groups in total. The molecule has 1 saturated heterocycles. The van der Waals surface area contributed by atoms with Gasteiger partial charge in [-0.05, 0) is 23.7 Å². The van der Waals surface area contributed by atoms with Gasteiger partial charge in [0.05, 0.1) is 0 Å². The van der Waals surface area contributed by atoms with Crippen LogP contribution < -0.4 is 5.32 Å². The molecular formula is C14H26N2O3. The highest BCUT2D eigenvalue weighted by molar-refractivity contribution is 5.74. The predicted molar refractivity (Wildman–Crippen MR) is 74.0 cm³/mol. The monoisotopic (exact) mass is 270 g/mol. The minimum atomic E-state index is -0.784. The van der Waals surface area contributed by atoms with Crippen molar-refractivity contribution in [1.29, 1.82) is 0 Å². The van der Waals surface area contributed by atoms with E-state index in [1.165, 1.54) is 0 Å². The van der Waals surface area contributed by atoms with Crippen molar-refractivity contribution >= 4 is 12.0 Å². The van der Waals surface area contributed by atoms with Gasteiger partial charge in [-0.3, -0.25) is 4.79 Å². The summed E-state index contributed by atoms with van der Waals surface area (Å²) in [6, 6.07) is -0.0658. The van der Waals surface area contributed by atoms with Crippen LogP contribution in [-0.4, -0.2) is 41.6 Å². The van der Waals surface area contributed by atoms with Gasteiger partial charge in [-0.25, -0.2) is 4.79 Å². The van der Waals surface area contributed by atoms with Crippen molar-refractivity contribution < 1.29 is 14.7 Å². The minimum Gasteiger partial charge on any atom is -0.481 e. The summed E-state index contributed by atoms with van der Waals surface area (Å²) in [5.74, 6) is -0.286. The van der Waals surface area contributed by atoms with Gasteiger partial charge in [0.1, 0.15) is 0 Å². The van der Waals surface area contributed by atoms with E-state index < -0.39 is 5.97 Å². The van der Waals surface area contributed by atoms with Crippen LogP contribution in [0.1, 0.15) is 40.5 Å². The van der Waals surface area contributed by atoms with Crippen LogP contribution in [0.2, 0.25) is 0 Å². The smallest absolute Gasteiger partial charge is 0.317 e. The highest BCUT2D eigenvalue weighted by Crippen LogP contribution is 2.24. The zero-order chi connectivity index (χ0) is 14.6. The lowest BCUT2D eigenvalue weighted by Crippen LogP contribution is -2.42. The van der Waals surface area contributed by atoms with Crippen LogP contribution in [0.3, 0.4) is 0 Å². The molecule has 0 aromatic heterocycles. The average molecular weight is 270 g/mol. The summed E-state index contributed by atoms with van der Waals surface area (Å²) in [4.78, 5) is 24.3. The number of carbonyl (C=O) groups is 2. The Bertz CT molecular complexity index is 336. The highest BCUT2D eigenvalue weighted by atomic mass is 16.4. The molecule has 19 heavy (non-hydrogen) atoms. The molecule has 2 atom stereocenters. The number of nitrogens with zero attached hydrogens (tertiary/aromatic N) is 1. The summed E-state index contributed by atoms with van der Waals surface area (Å²) in [5.41, 5.74) is 0.171. The minimum absolute atomic E-state index is 0.0658. The van der Waals surface area contributed by atoms with Gasteiger partial charge in [-0.15, -0.1) is 0 Å². The van der Waals surface area contributed by atoms with Crippen molar-refractivity contribution in [2.45, 2.75) is 40.5 Å². The van der Waals surface area contributed by atoms with Gasteiger partial charge >= 0.3 is 12.0 Å². The number of hydrogen-bond donors (Lipinski definition) is 2. The third kappa shape index (κ3) is 5.09. The van der Waals surface area contributed by atoms with E-state index in [-0.39, 0.29) is 23.8 Å². The molecule has 0 bridgehead atoms. The molecule has 2 unspecified atom stereocenters. The second kappa shape index (κ2) is 6.26. The molecule has 0 aromatic carbocycles. The fourth-order valence-electron chi connectivity index (χ4n) is 2.09. The van der Waals surface area contributed by atoms with Crippen LogP contribution in [0, 0.1) is 17.3 Å². The Morgan fingerprint density at radius 1 is 1.42 bits per heavy atom. The van der Waals surface area contributed by atoms with Crippen LogP contribution in [-0.2, 0) is 4.79 Å². The number of carbonyl (C=O) groups excluding carboxylic acids is 1. The molecule has 0 aliphatic carbocycles. The van der Waals surface area contributed by atoms with Crippen molar-refractivity contribution in [3.63, 3.8) is 0 Å². The summed E-state index contributed by atoms with van der Waals surface area (Å²) < 4.78 is 0. The summed E-state index contributed by atoms with van der Waals surface area (Å²) in [7, 11) is 0. The number of urea groups is 1. The fraction of sp³-hybridized carbons (Fsp3) is 0.857. The first-order valence-corrected chi connectivity index (χ1v) is 6.94. The largest absolute Gasteiger partial charge is 0.481 e. The van der Waals surface area contributed by atoms with Crippen LogP contribution in [0.4, 0.5) is 4.79 Å². The number of aliphatic carboxylic acids is 1. The second-order valence-corrected chi connectivity index (χ2v) is 6.65. The van der Waals surface area contributed by atoms with E-state index in [9.17, 15) is 9.59 Å². The van der Waals surface area contributed by atoms with Crippen molar-refractivity contribution in [1.82, 2.24) is 10.2 Å². The highest BCUT2D eigenvalue weighted by Gasteiger charge is 2.28. The van der Waals surface area contributed by atoms with Crippen molar-refractivity contribution in [2.75, 3.05) is 19.6 Å². The molecule has 1 rings (SSSR count). The quantitative estimate of drug-likeness (QED) is 0.822. The topological polar surface area (TPSA) is 69.6 Å². The number of nitrogens with one attached hydrogen (secondary N) is 1. The molecule has 110 valence electrons. The third-order valence-electron chi connectivity index (χ3n) is 4.07. The lowest BCUT2D eigenvalue weighted by atomic mass is 9.82. The maximum absolute atomic E-state index is 12.0. The summed E-state index contributed by atoms with van der Waals surface area (Å²) in [5, 5.41) is 11.7. The van der Waals surface area contributed by atoms with Crippen LogP contribution in [0.25, 0.3) is 0 Å². The second-order valence-electron chi connectivity index (χ2n) is 6.65. The van der Waals surface area contributed by atoms with Crippen molar-refractivity contribution in [2.24, 2.45) is 17.3 Å². The number of likely N-dealkylation sites (tertiary alicyclic amines) is 1. The summed E-state index contributed by atoms with van der Waals surface area (Å²) in [6.07, 6.45) is 0.941. The molecular weight excluding hydrogens is 244 g/mol. The molecule has 0 saturated carbocycles. The van der Waals surface area contributed by atoms with E-state index in [0.717, 1.165) is 6.42 Å². The number of carboxylic acid groups (broad SMARTS) is 1. The number of carboxylic acids is 1. The average Bonchev–Trinajstić information content (AvgIpc) is 2.71. The first kappa shape index (κ1) is 15.8. The van der Waals surface area contributed by atoms with Gasteiger partial charge < -0.3 is 15.3 Å². The third-order valence-corrected chi connectivity index (χ3v) is 4.07. The molecule has 1 aliphatic rings. The maximum atomic E-state index is 12.0. The Morgan fingerprint density at radius 3 is 2.58 bits per heavy atom. The Kier molecular flexibility index (Phi) is 5.20. The molecule has 5 heteroatoms. The van der Waals surface area contributed by atoms with Gasteiger partial charge in [0.15, 0.2) is 0 Å². The molecule has 0 aromatic rings. The van der Waals surface area contributed by atoms with E-state index >= 15 is 0 Å². The molecule has 5 nitrogen and oxygen atoms in total. The first-order valence-electron chi connectivity index (χ1n) is 6.94. The molecule has 1 fully saturated rings. The fourth-order valence-corrected chi connectivity index (χ4v) is 2.09. The lowest BCUT2D eigenvalue weighted by Gasteiger charge is -2.28. The zero-order valence-corrected chi connectivity index (χ0v) is 12.4. The molecule has 1 aliphatic heterocycles. The Hall–Kier alpha value is -1.26. The van der Waals surface area contributed by atoms with Gasteiger partial charge in [0, 0.05) is 26.1 Å². The molecule has 0 radical (unpaired) electrons. The number of rotatable bonds is 4. The summed E-state index contributed by atoms with van der Waals surface area (Å²) >= 11 is 0. The molecule has 0 spiro atoms. The first-order chi connectivity index (χ1) is 8.70. The van der Waals surface area contributed by atoms with Crippen LogP contribution >= 0.6 is 0 Å². The lowest BCUT2D eigenvalue weighted by molar-refractivity contribution is -0.138. The Balaban J connectivity index is 2.34. The van der Waals surface area contributed by atoms with E-state index in [4.69, 9.17) is 5.11 Å². The van der Waals surface area contributed by atoms with Crippen LogP contribution in [0.15, 0.2) is 0 Å². The Labute approximate surface area is 115 Å². The van der Waals surface area contributed by atoms with Gasteiger partial charge in [0.25, 0.3) is 0 Å².